The van der Waals surface area contributed by atoms with Gasteiger partial charge >= 0.3 is 0 Å². The van der Waals surface area contributed by atoms with Crippen molar-refractivity contribution in [2.24, 2.45) is 0 Å². The molecule has 2 fully saturated rings. The Hall–Kier alpha value is -1.79. The van der Waals surface area contributed by atoms with Gasteiger partial charge in [0.05, 0.1) is 32.0 Å². The average molecular weight is 1070 g/mol. The van der Waals surface area contributed by atoms with Crippen LogP contribution in [0.15, 0.2) is 36.5 Å². The van der Waals surface area contributed by atoms with Crippen LogP contribution in [-0.4, -0.2) is 140 Å². The fourth-order valence-corrected chi connectivity index (χ4v) is 10.1. The minimum Gasteiger partial charge on any atom is -0.394 e. The fraction of sp³-hybridized carbons (Fsp3) is 0.885. The Morgan fingerprint density at radius 3 is 1.35 bits per heavy atom. The summed E-state index contributed by atoms with van der Waals surface area (Å²) in [6, 6.07) is -0.922. The van der Waals surface area contributed by atoms with E-state index >= 15 is 0 Å². The summed E-state index contributed by atoms with van der Waals surface area (Å²) >= 11 is 0. The molecule has 14 nitrogen and oxygen atoms in total. The Balaban J connectivity index is 1.75. The molecule has 0 saturated carbocycles. The quantitative estimate of drug-likeness (QED) is 0.0204. The second kappa shape index (κ2) is 47.1. The van der Waals surface area contributed by atoms with E-state index in [-0.39, 0.29) is 18.9 Å². The number of nitrogens with one attached hydrogen (secondary N) is 1. The largest absolute Gasteiger partial charge is 0.394 e. The van der Waals surface area contributed by atoms with Gasteiger partial charge in [-0.1, -0.05) is 230 Å². The van der Waals surface area contributed by atoms with E-state index in [2.05, 4.69) is 43.5 Å². The Kier molecular flexibility index (Phi) is 43.5. The lowest BCUT2D eigenvalue weighted by atomic mass is 9.97. The Labute approximate surface area is 455 Å². The number of aliphatic hydroxyl groups is 8. The highest BCUT2D eigenvalue weighted by Gasteiger charge is 2.51. The molecule has 2 heterocycles. The molecule has 440 valence electrons. The van der Waals surface area contributed by atoms with E-state index in [1.807, 2.05) is 6.08 Å². The lowest BCUT2D eigenvalue weighted by Gasteiger charge is -2.46. The summed E-state index contributed by atoms with van der Waals surface area (Å²) in [6.07, 6.45) is 40.4. The topological polar surface area (TPSA) is 228 Å². The maximum atomic E-state index is 13.2. The highest BCUT2D eigenvalue weighted by atomic mass is 16.7. The average Bonchev–Trinajstić information content (AvgIpc) is 3.41. The monoisotopic (exact) mass is 1070 g/mol. The first-order valence-corrected chi connectivity index (χ1v) is 30.7. The van der Waals surface area contributed by atoms with Crippen molar-refractivity contribution < 1.29 is 64.6 Å². The number of allylic oxidation sites excluding steroid dienone is 5. The third-order valence-electron chi connectivity index (χ3n) is 15.1. The number of ether oxygens (including phenoxy) is 4. The Bertz CT molecular complexity index is 1400. The van der Waals surface area contributed by atoms with E-state index in [0.717, 1.165) is 64.2 Å². The van der Waals surface area contributed by atoms with Gasteiger partial charge in [0.25, 0.3) is 0 Å². The number of aliphatic hydroxyl groups excluding tert-OH is 8. The number of unbranched alkanes of at least 4 members (excludes halogenated alkanes) is 32. The molecule has 14 heteroatoms. The smallest absolute Gasteiger partial charge is 0.220 e. The van der Waals surface area contributed by atoms with Gasteiger partial charge in [-0.15, -0.1) is 0 Å². The molecule has 0 aromatic carbocycles. The van der Waals surface area contributed by atoms with Crippen molar-refractivity contribution in [1.29, 1.82) is 0 Å². The molecule has 0 aromatic rings. The van der Waals surface area contributed by atoms with Gasteiger partial charge in [-0.3, -0.25) is 4.79 Å². The van der Waals surface area contributed by atoms with Crippen LogP contribution in [0.2, 0.25) is 0 Å². The molecule has 2 rings (SSSR count). The van der Waals surface area contributed by atoms with Gasteiger partial charge in [-0.05, 0) is 51.4 Å². The summed E-state index contributed by atoms with van der Waals surface area (Å²) in [5.74, 6) is -0.251. The van der Waals surface area contributed by atoms with Crippen LogP contribution in [0.5, 0.6) is 0 Å². The number of carbonyl (C=O) groups excluding carboxylic acids is 1. The zero-order valence-electron chi connectivity index (χ0n) is 47.3. The number of rotatable bonds is 49. The molecule has 0 spiro atoms. The minimum atomic E-state index is -1.79. The number of hydrogen-bond donors (Lipinski definition) is 9. The third-order valence-corrected chi connectivity index (χ3v) is 15.1. The first-order chi connectivity index (χ1) is 36.6. The van der Waals surface area contributed by atoms with E-state index < -0.39 is 86.8 Å². The zero-order chi connectivity index (χ0) is 54.6. The first kappa shape index (κ1) is 69.3. The van der Waals surface area contributed by atoms with E-state index in [1.54, 1.807) is 6.08 Å². The summed E-state index contributed by atoms with van der Waals surface area (Å²) in [6.45, 7) is 2.79. The van der Waals surface area contributed by atoms with Crippen LogP contribution < -0.4 is 5.32 Å². The van der Waals surface area contributed by atoms with Crippen molar-refractivity contribution in [3.05, 3.63) is 36.5 Å². The molecule has 12 unspecified atom stereocenters. The number of hydrogen-bond acceptors (Lipinski definition) is 13. The SMILES string of the molecule is CCCCCC/C=C\C/C=C\CCCCCCCC(=O)NC(COC1OC(CO)C(OC2OC(CO)C(O)C(O)C2O)C(O)C1O)C(O)/C=C/CCCCCCCCCCCCCCCCCCCCCCCCC. The molecule has 1 amide bonds. The molecule has 0 bridgehead atoms. The molecule has 2 aliphatic heterocycles. The Morgan fingerprint density at radius 2 is 0.880 bits per heavy atom. The van der Waals surface area contributed by atoms with Gasteiger partial charge in [0.2, 0.25) is 5.91 Å². The van der Waals surface area contributed by atoms with Gasteiger partial charge in [0.1, 0.15) is 48.8 Å². The predicted molar refractivity (Wildman–Crippen MR) is 300 cm³/mol. The van der Waals surface area contributed by atoms with E-state index in [4.69, 9.17) is 18.9 Å². The van der Waals surface area contributed by atoms with E-state index in [1.165, 1.54) is 161 Å². The maximum absolute atomic E-state index is 13.2. The van der Waals surface area contributed by atoms with Crippen LogP contribution in [0.3, 0.4) is 0 Å². The number of amides is 1. The van der Waals surface area contributed by atoms with Crippen LogP contribution in [0.25, 0.3) is 0 Å². The fourth-order valence-electron chi connectivity index (χ4n) is 10.1. The van der Waals surface area contributed by atoms with Crippen LogP contribution >= 0.6 is 0 Å². The summed E-state index contributed by atoms with van der Waals surface area (Å²) < 4.78 is 22.8. The van der Waals surface area contributed by atoms with Gasteiger partial charge in [0.15, 0.2) is 12.6 Å². The van der Waals surface area contributed by atoms with Gasteiger partial charge in [-0.2, -0.15) is 0 Å². The molecule has 12 atom stereocenters. The minimum absolute atomic E-state index is 0.251. The summed E-state index contributed by atoms with van der Waals surface area (Å²) in [5.41, 5.74) is 0. The second-order valence-corrected chi connectivity index (χ2v) is 21.8. The summed E-state index contributed by atoms with van der Waals surface area (Å²) in [4.78, 5) is 13.2. The summed E-state index contributed by atoms with van der Waals surface area (Å²) in [5, 5.41) is 87.1. The first-order valence-electron chi connectivity index (χ1n) is 30.7. The molecular formula is C61H113NO13. The van der Waals surface area contributed by atoms with Crippen molar-refractivity contribution in [2.75, 3.05) is 19.8 Å². The van der Waals surface area contributed by atoms with Crippen LogP contribution in [-0.2, 0) is 23.7 Å². The van der Waals surface area contributed by atoms with Crippen molar-refractivity contribution in [2.45, 2.75) is 325 Å². The highest BCUT2D eigenvalue weighted by molar-refractivity contribution is 5.76. The maximum Gasteiger partial charge on any atom is 0.220 e. The van der Waals surface area contributed by atoms with Gasteiger partial charge < -0.3 is 65.1 Å². The van der Waals surface area contributed by atoms with Gasteiger partial charge in [-0.25, -0.2) is 0 Å². The molecule has 0 aliphatic carbocycles. The molecule has 2 saturated heterocycles. The molecule has 0 aromatic heterocycles. The molecule has 2 aliphatic rings. The molecule has 0 radical (unpaired) electrons. The van der Waals surface area contributed by atoms with Gasteiger partial charge in [0, 0.05) is 6.42 Å². The van der Waals surface area contributed by atoms with Crippen molar-refractivity contribution in [1.82, 2.24) is 5.32 Å². The van der Waals surface area contributed by atoms with Crippen molar-refractivity contribution in [3.8, 4) is 0 Å². The standard InChI is InChI=1S/C61H113NO13/c1-3-5-7-9-11-13-15-17-19-21-22-23-24-25-26-27-28-29-30-32-34-36-38-40-42-44-50(65)49(62-53(66)45-43-41-39-37-35-33-31-20-18-16-14-12-10-8-6-4-2)48-72-60-58(71)56(69)59(52(47-64)74-60)75-61-57(70)55(68)54(67)51(46-63)73-61/h14,16,20,31,42,44,49-52,54-61,63-65,67-71H,3-13,15,17-19,21-30,32-41,43,45-48H2,1-2H3,(H,62,66)/b16-14-,31-20-,44-42+. The van der Waals surface area contributed by atoms with Crippen LogP contribution in [0, 0.1) is 0 Å². The summed E-state index contributed by atoms with van der Waals surface area (Å²) in [7, 11) is 0. The normalized spacial score (nSPS) is 25.3. The lowest BCUT2D eigenvalue weighted by molar-refractivity contribution is -0.359. The van der Waals surface area contributed by atoms with Crippen molar-refractivity contribution in [3.63, 3.8) is 0 Å². The van der Waals surface area contributed by atoms with Crippen molar-refractivity contribution >= 4 is 5.91 Å². The molecular weight excluding hydrogens is 955 g/mol. The van der Waals surface area contributed by atoms with E-state index in [9.17, 15) is 45.6 Å². The predicted octanol–water partition coefficient (Wildman–Crippen LogP) is 10.6. The third kappa shape index (κ3) is 32.8. The second-order valence-electron chi connectivity index (χ2n) is 21.8. The highest BCUT2D eigenvalue weighted by Crippen LogP contribution is 2.30. The van der Waals surface area contributed by atoms with Crippen LogP contribution in [0.1, 0.15) is 251 Å². The molecule has 75 heavy (non-hydrogen) atoms. The zero-order valence-corrected chi connectivity index (χ0v) is 47.3. The number of carbonyl (C=O) groups is 1. The Morgan fingerprint density at radius 1 is 0.480 bits per heavy atom. The lowest BCUT2D eigenvalue weighted by Crippen LogP contribution is -2.65. The van der Waals surface area contributed by atoms with E-state index in [0.29, 0.717) is 6.42 Å². The molecule has 9 N–H and O–H groups in total. The van der Waals surface area contributed by atoms with Crippen LogP contribution in [0.4, 0.5) is 0 Å².